The van der Waals surface area contributed by atoms with Gasteiger partial charge in [-0.25, -0.2) is 0 Å². The molecule has 0 bridgehead atoms. The molecule has 1 nitrogen and oxygen atoms in total. The number of hydrogen-bond acceptors (Lipinski definition) is 1. The van der Waals surface area contributed by atoms with Gasteiger partial charge in [-0.05, 0) is 42.9 Å². The van der Waals surface area contributed by atoms with Gasteiger partial charge in [0, 0.05) is 11.9 Å². The molecule has 0 saturated carbocycles. The molecule has 0 atom stereocenters. The SMILES string of the molecule is CCc1cnc(C)cc1CC(C)C. The maximum Gasteiger partial charge on any atom is 0.0375 e. The van der Waals surface area contributed by atoms with Gasteiger partial charge in [-0.2, -0.15) is 0 Å². The molecule has 0 aromatic carbocycles. The zero-order valence-electron chi connectivity index (χ0n) is 9.09. The Morgan fingerprint density at radius 3 is 2.54 bits per heavy atom. The molecule has 13 heavy (non-hydrogen) atoms. The Labute approximate surface area is 81.2 Å². The minimum atomic E-state index is 0.729. The van der Waals surface area contributed by atoms with Crippen molar-refractivity contribution in [3.8, 4) is 0 Å². The summed E-state index contributed by atoms with van der Waals surface area (Å²) < 4.78 is 0. The Bertz CT molecular complexity index is 276. The standard InChI is InChI=1S/C12H19N/c1-5-11-8-13-10(4)7-12(11)6-9(2)3/h7-9H,5-6H2,1-4H3. The number of pyridine rings is 1. The van der Waals surface area contributed by atoms with Crippen LogP contribution in [0.5, 0.6) is 0 Å². The second kappa shape index (κ2) is 4.40. The third-order valence-corrected chi connectivity index (χ3v) is 2.23. The van der Waals surface area contributed by atoms with Crippen molar-refractivity contribution in [2.75, 3.05) is 0 Å². The Kier molecular flexibility index (Phi) is 3.47. The van der Waals surface area contributed by atoms with Crippen LogP contribution in [0.4, 0.5) is 0 Å². The van der Waals surface area contributed by atoms with E-state index >= 15 is 0 Å². The van der Waals surface area contributed by atoms with Crippen molar-refractivity contribution in [3.05, 3.63) is 29.1 Å². The molecule has 0 fully saturated rings. The zero-order chi connectivity index (χ0) is 9.84. The first-order valence-corrected chi connectivity index (χ1v) is 5.07. The van der Waals surface area contributed by atoms with Crippen LogP contribution in [0.25, 0.3) is 0 Å². The summed E-state index contributed by atoms with van der Waals surface area (Å²) in [7, 11) is 0. The number of aromatic nitrogens is 1. The van der Waals surface area contributed by atoms with Crippen LogP contribution in [0.1, 0.15) is 37.6 Å². The van der Waals surface area contributed by atoms with E-state index < -0.39 is 0 Å². The van der Waals surface area contributed by atoms with Gasteiger partial charge < -0.3 is 0 Å². The van der Waals surface area contributed by atoms with Crippen LogP contribution in [-0.2, 0) is 12.8 Å². The van der Waals surface area contributed by atoms with Gasteiger partial charge in [-0.3, -0.25) is 4.98 Å². The summed E-state index contributed by atoms with van der Waals surface area (Å²) in [6, 6.07) is 2.22. The van der Waals surface area contributed by atoms with Crippen LogP contribution in [0, 0.1) is 12.8 Å². The highest BCUT2D eigenvalue weighted by Gasteiger charge is 2.03. The molecule has 0 unspecified atom stereocenters. The summed E-state index contributed by atoms with van der Waals surface area (Å²) in [5.41, 5.74) is 4.01. The second-order valence-corrected chi connectivity index (χ2v) is 4.05. The minimum Gasteiger partial charge on any atom is -0.261 e. The Balaban J connectivity index is 2.94. The second-order valence-electron chi connectivity index (χ2n) is 4.05. The van der Waals surface area contributed by atoms with E-state index in [1.54, 1.807) is 0 Å². The van der Waals surface area contributed by atoms with Crippen LogP contribution >= 0.6 is 0 Å². The Morgan fingerprint density at radius 2 is 2.00 bits per heavy atom. The first-order valence-electron chi connectivity index (χ1n) is 5.07. The smallest absolute Gasteiger partial charge is 0.0375 e. The van der Waals surface area contributed by atoms with Crippen LogP contribution < -0.4 is 0 Å². The molecular weight excluding hydrogens is 158 g/mol. The molecule has 0 aliphatic heterocycles. The highest BCUT2D eigenvalue weighted by atomic mass is 14.7. The van der Waals surface area contributed by atoms with Gasteiger partial charge >= 0.3 is 0 Å². The van der Waals surface area contributed by atoms with Gasteiger partial charge in [-0.15, -0.1) is 0 Å². The quantitative estimate of drug-likeness (QED) is 0.691. The summed E-state index contributed by atoms with van der Waals surface area (Å²) >= 11 is 0. The van der Waals surface area contributed by atoms with Gasteiger partial charge in [-0.1, -0.05) is 20.8 Å². The molecule has 0 aliphatic rings. The molecule has 0 radical (unpaired) electrons. The zero-order valence-corrected chi connectivity index (χ0v) is 9.09. The lowest BCUT2D eigenvalue weighted by molar-refractivity contribution is 0.642. The van der Waals surface area contributed by atoms with Gasteiger partial charge in [0.05, 0.1) is 0 Å². The van der Waals surface area contributed by atoms with Crippen molar-refractivity contribution in [2.24, 2.45) is 5.92 Å². The molecule has 1 rings (SSSR count). The Morgan fingerprint density at radius 1 is 1.31 bits per heavy atom. The fourth-order valence-electron chi connectivity index (χ4n) is 1.59. The predicted molar refractivity (Wildman–Crippen MR) is 56.9 cm³/mol. The molecule has 0 N–H and O–H groups in total. The number of aryl methyl sites for hydroxylation is 2. The third kappa shape index (κ3) is 2.83. The average molecular weight is 177 g/mol. The van der Waals surface area contributed by atoms with Crippen molar-refractivity contribution in [2.45, 2.75) is 40.5 Å². The average Bonchev–Trinajstić information content (AvgIpc) is 2.03. The molecule has 1 heteroatoms. The fourth-order valence-corrected chi connectivity index (χ4v) is 1.59. The molecule has 0 saturated heterocycles. The maximum absolute atomic E-state index is 4.32. The third-order valence-electron chi connectivity index (χ3n) is 2.23. The molecular formula is C12H19N. The molecule has 1 aromatic rings. The van der Waals surface area contributed by atoms with E-state index in [1.165, 1.54) is 17.5 Å². The van der Waals surface area contributed by atoms with E-state index in [4.69, 9.17) is 0 Å². The van der Waals surface area contributed by atoms with E-state index in [0.29, 0.717) is 0 Å². The lowest BCUT2D eigenvalue weighted by Gasteiger charge is -2.10. The molecule has 0 amide bonds. The highest BCUT2D eigenvalue weighted by Crippen LogP contribution is 2.14. The van der Waals surface area contributed by atoms with Gasteiger partial charge in [0.25, 0.3) is 0 Å². The summed E-state index contributed by atoms with van der Waals surface area (Å²) in [6.07, 6.45) is 4.29. The van der Waals surface area contributed by atoms with Crippen LogP contribution in [0.15, 0.2) is 12.3 Å². The van der Waals surface area contributed by atoms with E-state index in [0.717, 1.165) is 18.0 Å². The van der Waals surface area contributed by atoms with Gasteiger partial charge in [0.1, 0.15) is 0 Å². The van der Waals surface area contributed by atoms with Crippen LogP contribution in [0.2, 0.25) is 0 Å². The number of hydrogen-bond donors (Lipinski definition) is 0. The largest absolute Gasteiger partial charge is 0.261 e. The summed E-state index contributed by atoms with van der Waals surface area (Å²) in [5.74, 6) is 0.729. The van der Waals surface area contributed by atoms with Crippen molar-refractivity contribution < 1.29 is 0 Å². The monoisotopic (exact) mass is 177 g/mol. The topological polar surface area (TPSA) is 12.9 Å². The van der Waals surface area contributed by atoms with Crippen LogP contribution in [0.3, 0.4) is 0 Å². The van der Waals surface area contributed by atoms with Crippen molar-refractivity contribution in [3.63, 3.8) is 0 Å². The first kappa shape index (κ1) is 10.2. The van der Waals surface area contributed by atoms with Crippen molar-refractivity contribution in [1.29, 1.82) is 0 Å². The molecule has 0 aliphatic carbocycles. The van der Waals surface area contributed by atoms with Crippen molar-refractivity contribution >= 4 is 0 Å². The maximum atomic E-state index is 4.32. The van der Waals surface area contributed by atoms with Crippen LogP contribution in [-0.4, -0.2) is 4.98 Å². The van der Waals surface area contributed by atoms with Gasteiger partial charge in [0.2, 0.25) is 0 Å². The summed E-state index contributed by atoms with van der Waals surface area (Å²) in [5, 5.41) is 0. The highest BCUT2D eigenvalue weighted by molar-refractivity contribution is 5.26. The number of rotatable bonds is 3. The molecule has 0 spiro atoms. The van der Waals surface area contributed by atoms with E-state index in [-0.39, 0.29) is 0 Å². The number of nitrogens with zero attached hydrogens (tertiary/aromatic N) is 1. The lowest BCUT2D eigenvalue weighted by Crippen LogP contribution is -2.00. The normalized spacial score (nSPS) is 10.8. The summed E-state index contributed by atoms with van der Waals surface area (Å²) in [6.45, 7) is 8.77. The van der Waals surface area contributed by atoms with Crippen molar-refractivity contribution in [1.82, 2.24) is 4.98 Å². The fraction of sp³-hybridized carbons (Fsp3) is 0.583. The molecule has 1 heterocycles. The van der Waals surface area contributed by atoms with Gasteiger partial charge in [0.15, 0.2) is 0 Å². The van der Waals surface area contributed by atoms with E-state index in [2.05, 4.69) is 38.7 Å². The summed E-state index contributed by atoms with van der Waals surface area (Å²) in [4.78, 5) is 4.32. The van der Waals surface area contributed by atoms with E-state index in [1.807, 2.05) is 6.20 Å². The predicted octanol–water partition coefficient (Wildman–Crippen LogP) is 3.15. The minimum absolute atomic E-state index is 0.729. The first-order chi connectivity index (χ1) is 6.13. The molecule has 72 valence electrons. The molecule has 1 aromatic heterocycles. The van der Waals surface area contributed by atoms with E-state index in [9.17, 15) is 0 Å². The lowest BCUT2D eigenvalue weighted by atomic mass is 9.98. The Hall–Kier alpha value is -0.850.